The van der Waals surface area contributed by atoms with Crippen molar-refractivity contribution in [3.63, 3.8) is 0 Å². The summed E-state index contributed by atoms with van der Waals surface area (Å²) in [6.07, 6.45) is 0. The van der Waals surface area contributed by atoms with Crippen molar-refractivity contribution in [3.8, 4) is 11.1 Å². The van der Waals surface area contributed by atoms with Crippen LogP contribution in [0.5, 0.6) is 0 Å². The second-order valence-corrected chi connectivity index (χ2v) is 13.6. The Morgan fingerprint density at radius 3 is 1.79 bits per heavy atom. The van der Waals surface area contributed by atoms with Crippen LogP contribution in [-0.2, 0) is 0 Å². The first-order valence-corrected chi connectivity index (χ1v) is 17.2. The van der Waals surface area contributed by atoms with Crippen LogP contribution in [0.15, 0.2) is 176 Å². The molecular weight excluding hydrogens is 599 g/mol. The molecule has 0 saturated heterocycles. The first-order valence-electron chi connectivity index (χ1n) is 16.4. The van der Waals surface area contributed by atoms with Gasteiger partial charge in [0, 0.05) is 31.5 Å². The smallest absolute Gasteiger partial charge is 0.0554 e. The molecular formula is C46H29NS. The maximum atomic E-state index is 2.41. The summed E-state index contributed by atoms with van der Waals surface area (Å²) in [5.41, 5.74) is 5.89. The van der Waals surface area contributed by atoms with Gasteiger partial charge in [0.15, 0.2) is 0 Å². The fraction of sp³-hybridized carbons (Fsp3) is 0. The Morgan fingerprint density at radius 1 is 0.354 bits per heavy atom. The van der Waals surface area contributed by atoms with E-state index in [0.29, 0.717) is 0 Å². The molecule has 2 heteroatoms. The third kappa shape index (κ3) is 4.24. The minimum Gasteiger partial charge on any atom is -0.310 e. The van der Waals surface area contributed by atoms with Crippen LogP contribution < -0.4 is 4.90 Å². The van der Waals surface area contributed by atoms with Crippen LogP contribution in [0.25, 0.3) is 74.4 Å². The number of benzene rings is 9. The van der Waals surface area contributed by atoms with Gasteiger partial charge >= 0.3 is 0 Å². The second-order valence-electron chi connectivity index (χ2n) is 12.5. The highest BCUT2D eigenvalue weighted by Crippen LogP contribution is 2.46. The number of nitrogens with zero attached hydrogens (tertiary/aromatic N) is 1. The lowest BCUT2D eigenvalue weighted by atomic mass is 9.94. The molecule has 48 heavy (non-hydrogen) atoms. The van der Waals surface area contributed by atoms with Crippen LogP contribution in [0.3, 0.4) is 0 Å². The highest BCUT2D eigenvalue weighted by Gasteiger charge is 2.19. The largest absolute Gasteiger partial charge is 0.310 e. The predicted molar refractivity (Wildman–Crippen MR) is 209 cm³/mol. The molecule has 0 aliphatic heterocycles. The summed E-state index contributed by atoms with van der Waals surface area (Å²) in [5.74, 6) is 0. The third-order valence-corrected chi connectivity index (χ3v) is 11.0. The molecule has 9 aromatic carbocycles. The molecule has 10 rings (SSSR count). The van der Waals surface area contributed by atoms with Crippen molar-refractivity contribution in [1.82, 2.24) is 0 Å². The second kappa shape index (κ2) is 10.8. The van der Waals surface area contributed by atoms with Gasteiger partial charge in [0.25, 0.3) is 0 Å². The average molecular weight is 628 g/mol. The minimum absolute atomic E-state index is 1.14. The molecule has 0 bridgehead atoms. The summed E-state index contributed by atoms with van der Waals surface area (Å²) in [4.78, 5) is 2.41. The van der Waals surface area contributed by atoms with Crippen LogP contribution in [0.4, 0.5) is 17.1 Å². The van der Waals surface area contributed by atoms with E-state index in [4.69, 9.17) is 0 Å². The minimum atomic E-state index is 1.14. The first-order chi connectivity index (χ1) is 23.8. The highest BCUT2D eigenvalue weighted by atomic mass is 32.1. The maximum Gasteiger partial charge on any atom is 0.0554 e. The summed E-state index contributed by atoms with van der Waals surface area (Å²) in [5, 5.41) is 12.9. The van der Waals surface area contributed by atoms with Crippen LogP contribution in [0, 0.1) is 0 Å². The summed E-state index contributed by atoms with van der Waals surface area (Å²) in [6, 6.07) is 64.4. The lowest BCUT2D eigenvalue weighted by Crippen LogP contribution is -2.10. The Balaban J connectivity index is 1.11. The van der Waals surface area contributed by atoms with E-state index in [-0.39, 0.29) is 0 Å². The van der Waals surface area contributed by atoms with Crippen molar-refractivity contribution in [2.24, 2.45) is 0 Å². The van der Waals surface area contributed by atoms with E-state index < -0.39 is 0 Å². The van der Waals surface area contributed by atoms with Crippen molar-refractivity contribution in [2.75, 3.05) is 4.90 Å². The van der Waals surface area contributed by atoms with Crippen LogP contribution >= 0.6 is 11.3 Å². The number of thiophene rings is 1. The fourth-order valence-corrected chi connectivity index (χ4v) is 8.80. The highest BCUT2D eigenvalue weighted by molar-refractivity contribution is 7.26. The zero-order chi connectivity index (χ0) is 31.6. The van der Waals surface area contributed by atoms with E-state index in [1.165, 1.54) is 80.1 Å². The molecule has 1 nitrogen and oxygen atoms in total. The Hall–Kier alpha value is -5.96. The van der Waals surface area contributed by atoms with Gasteiger partial charge in [0.05, 0.1) is 5.69 Å². The Bertz CT molecular complexity index is 2830. The molecule has 0 radical (unpaired) electrons. The van der Waals surface area contributed by atoms with Crippen LogP contribution in [-0.4, -0.2) is 0 Å². The molecule has 0 fully saturated rings. The maximum absolute atomic E-state index is 2.41. The van der Waals surface area contributed by atoms with Gasteiger partial charge in [-0.25, -0.2) is 0 Å². The lowest BCUT2D eigenvalue weighted by molar-refractivity contribution is 1.30. The Labute approximate surface area is 282 Å². The molecule has 224 valence electrons. The van der Waals surface area contributed by atoms with Gasteiger partial charge in [0.2, 0.25) is 0 Å². The molecule has 0 unspecified atom stereocenters. The van der Waals surface area contributed by atoms with E-state index in [1.54, 1.807) is 0 Å². The predicted octanol–water partition coefficient (Wildman–Crippen LogP) is 13.8. The molecule has 1 aromatic heterocycles. The SMILES string of the molecule is c1ccc(N(c2ccc(-c3ccc4c(ccc5ccc6ccccc6c54)c3)cc2)c2cccc3sc4c5ccccc5ccc4c23)cc1. The van der Waals surface area contributed by atoms with Crippen molar-refractivity contribution in [3.05, 3.63) is 176 Å². The van der Waals surface area contributed by atoms with Gasteiger partial charge in [-0.1, -0.05) is 133 Å². The van der Waals surface area contributed by atoms with Gasteiger partial charge in [-0.3, -0.25) is 0 Å². The van der Waals surface area contributed by atoms with Gasteiger partial charge in [-0.2, -0.15) is 0 Å². The zero-order valence-corrected chi connectivity index (χ0v) is 26.9. The number of fused-ring (bicyclic) bond motifs is 10. The zero-order valence-electron chi connectivity index (χ0n) is 26.1. The van der Waals surface area contributed by atoms with E-state index in [2.05, 4.69) is 181 Å². The van der Waals surface area contributed by atoms with Crippen molar-refractivity contribution < 1.29 is 0 Å². The van der Waals surface area contributed by atoms with Crippen molar-refractivity contribution in [1.29, 1.82) is 0 Å². The van der Waals surface area contributed by atoms with Gasteiger partial charge < -0.3 is 4.90 Å². The number of hydrogen-bond acceptors (Lipinski definition) is 2. The van der Waals surface area contributed by atoms with Crippen molar-refractivity contribution in [2.45, 2.75) is 0 Å². The molecule has 1 heterocycles. The molecule has 0 spiro atoms. The van der Waals surface area contributed by atoms with E-state index in [1.807, 2.05) is 11.3 Å². The van der Waals surface area contributed by atoms with E-state index in [0.717, 1.165) is 11.4 Å². The van der Waals surface area contributed by atoms with Crippen molar-refractivity contribution >= 4 is 91.7 Å². The molecule has 0 aliphatic carbocycles. The molecule has 10 aromatic rings. The molecule has 0 saturated carbocycles. The van der Waals surface area contributed by atoms with Crippen LogP contribution in [0.1, 0.15) is 0 Å². The van der Waals surface area contributed by atoms with Crippen LogP contribution in [0.2, 0.25) is 0 Å². The average Bonchev–Trinajstić information content (AvgIpc) is 3.55. The number of hydrogen-bond donors (Lipinski definition) is 0. The lowest BCUT2D eigenvalue weighted by Gasteiger charge is -2.26. The van der Waals surface area contributed by atoms with Gasteiger partial charge in [0.1, 0.15) is 0 Å². The standard InChI is InChI=1S/C46H29NS/c1-2-11-36(12-3-1)47(42-15-8-16-43-45(42)41-28-23-32-10-5-7-14-40(32)46(41)48-43)37-25-21-30(22-26-37)34-24-27-39-35(29-34)20-19-33-18-17-31-9-4-6-13-38(31)44(33)39/h1-29H. The molecule has 0 aliphatic rings. The van der Waals surface area contributed by atoms with Gasteiger partial charge in [-0.15, -0.1) is 11.3 Å². The topological polar surface area (TPSA) is 3.24 Å². The monoisotopic (exact) mass is 627 g/mol. The summed E-state index contributed by atoms with van der Waals surface area (Å²) in [6.45, 7) is 0. The fourth-order valence-electron chi connectivity index (χ4n) is 7.54. The number of rotatable bonds is 4. The molecule has 0 amide bonds. The van der Waals surface area contributed by atoms with E-state index in [9.17, 15) is 0 Å². The summed E-state index contributed by atoms with van der Waals surface area (Å²) in [7, 11) is 0. The molecule has 0 atom stereocenters. The summed E-state index contributed by atoms with van der Waals surface area (Å²) < 4.78 is 2.64. The summed E-state index contributed by atoms with van der Waals surface area (Å²) >= 11 is 1.89. The number of para-hydroxylation sites is 1. The molecule has 0 N–H and O–H groups in total. The normalized spacial score (nSPS) is 11.8. The number of anilines is 3. The first kappa shape index (κ1) is 27.2. The third-order valence-electron chi connectivity index (χ3n) is 9.80. The van der Waals surface area contributed by atoms with Gasteiger partial charge in [-0.05, 0) is 96.7 Å². The quantitative estimate of drug-likeness (QED) is 0.176. The Kier molecular flexibility index (Phi) is 6.12. The van der Waals surface area contributed by atoms with E-state index >= 15 is 0 Å². The Morgan fingerprint density at radius 2 is 0.958 bits per heavy atom.